The van der Waals surface area contributed by atoms with Gasteiger partial charge in [0, 0.05) is 0 Å². The molecule has 19 heavy (non-hydrogen) atoms. The predicted molar refractivity (Wildman–Crippen MR) is 67.4 cm³/mol. The minimum Gasteiger partial charge on any atom is -0.386 e. The summed E-state index contributed by atoms with van der Waals surface area (Å²) in [6.45, 7) is 3.91. The summed E-state index contributed by atoms with van der Waals surface area (Å²) in [5, 5.41) is 4.14. The minimum absolute atomic E-state index is 0.259. The van der Waals surface area contributed by atoms with Crippen LogP contribution in [0.15, 0.2) is 16.4 Å². The molecule has 0 aromatic carbocycles. The van der Waals surface area contributed by atoms with E-state index in [1.54, 1.807) is 0 Å². The summed E-state index contributed by atoms with van der Waals surface area (Å²) in [4.78, 5) is 12.7. The van der Waals surface area contributed by atoms with Gasteiger partial charge in [-0.15, -0.1) is 11.8 Å². The molecule has 0 radical (unpaired) electrons. The van der Waals surface area contributed by atoms with Crippen molar-refractivity contribution in [3.05, 3.63) is 17.6 Å². The van der Waals surface area contributed by atoms with Gasteiger partial charge in [-0.25, -0.2) is 4.98 Å². The second-order valence-corrected chi connectivity index (χ2v) is 4.90. The van der Waals surface area contributed by atoms with Crippen LogP contribution in [0.4, 0.5) is 13.2 Å². The van der Waals surface area contributed by atoms with E-state index in [0.29, 0.717) is 5.69 Å². The Morgan fingerprint density at radius 2 is 2.16 bits per heavy atom. The topological polar surface area (TPSA) is 47.4 Å². The highest BCUT2D eigenvalue weighted by molar-refractivity contribution is 7.99. The molecule has 1 aromatic rings. The largest absolute Gasteiger partial charge is 0.425 e. The van der Waals surface area contributed by atoms with Gasteiger partial charge in [0.1, 0.15) is 16.4 Å². The number of hydrogen-bond donors (Lipinski definition) is 0. The van der Waals surface area contributed by atoms with Crippen molar-refractivity contribution in [3.8, 4) is 0 Å². The zero-order valence-corrected chi connectivity index (χ0v) is 11.6. The fourth-order valence-electron chi connectivity index (χ4n) is 1.13. The lowest BCUT2D eigenvalue weighted by Gasteiger charge is -2.07. The van der Waals surface area contributed by atoms with E-state index < -0.39 is 12.8 Å². The first-order valence-electron chi connectivity index (χ1n) is 5.53. The van der Waals surface area contributed by atoms with Crippen molar-refractivity contribution in [2.45, 2.75) is 32.0 Å². The van der Waals surface area contributed by atoms with E-state index in [2.05, 4.69) is 20.0 Å². The van der Waals surface area contributed by atoms with Crippen molar-refractivity contribution in [2.24, 2.45) is 5.16 Å². The van der Waals surface area contributed by atoms with E-state index in [-0.39, 0.29) is 5.71 Å². The van der Waals surface area contributed by atoms with E-state index in [4.69, 9.17) is 0 Å². The zero-order valence-electron chi connectivity index (χ0n) is 10.8. The van der Waals surface area contributed by atoms with Gasteiger partial charge in [-0.3, -0.25) is 4.98 Å². The number of oxime groups is 1. The smallest absolute Gasteiger partial charge is 0.386 e. The van der Waals surface area contributed by atoms with Gasteiger partial charge in [0.05, 0.1) is 11.9 Å². The number of halogens is 3. The SMILES string of the molecule is CCSc1nc(/C(C)=N/OCC(F)(F)F)cnc1C. The first kappa shape index (κ1) is 15.7. The maximum atomic E-state index is 11.9. The summed E-state index contributed by atoms with van der Waals surface area (Å²) >= 11 is 1.51. The first-order valence-corrected chi connectivity index (χ1v) is 6.52. The molecule has 1 heterocycles. The van der Waals surface area contributed by atoms with Crippen molar-refractivity contribution >= 4 is 17.5 Å². The van der Waals surface area contributed by atoms with Crippen LogP contribution in [0.5, 0.6) is 0 Å². The summed E-state index contributed by atoms with van der Waals surface area (Å²) in [7, 11) is 0. The van der Waals surface area contributed by atoms with E-state index in [1.807, 2.05) is 13.8 Å². The normalized spacial score (nSPS) is 12.6. The third-order valence-electron chi connectivity index (χ3n) is 1.99. The number of alkyl halides is 3. The van der Waals surface area contributed by atoms with Gasteiger partial charge in [-0.05, 0) is 19.6 Å². The predicted octanol–water partition coefficient (Wildman–Crippen LogP) is 3.20. The van der Waals surface area contributed by atoms with Crippen LogP contribution < -0.4 is 0 Å². The number of thioether (sulfide) groups is 1. The van der Waals surface area contributed by atoms with Crippen molar-refractivity contribution in [2.75, 3.05) is 12.4 Å². The molecule has 4 nitrogen and oxygen atoms in total. The lowest BCUT2D eigenvalue weighted by atomic mass is 10.3. The fourth-order valence-corrected chi connectivity index (χ4v) is 1.83. The second-order valence-electron chi connectivity index (χ2n) is 3.64. The molecule has 0 N–H and O–H groups in total. The first-order chi connectivity index (χ1) is 8.83. The molecule has 0 aliphatic heterocycles. The van der Waals surface area contributed by atoms with Crippen LogP contribution >= 0.6 is 11.8 Å². The molecule has 106 valence electrons. The zero-order chi connectivity index (χ0) is 14.5. The highest BCUT2D eigenvalue weighted by Crippen LogP contribution is 2.18. The van der Waals surface area contributed by atoms with Crippen LogP contribution in [0.3, 0.4) is 0 Å². The van der Waals surface area contributed by atoms with Crippen molar-refractivity contribution in [1.29, 1.82) is 0 Å². The van der Waals surface area contributed by atoms with Crippen LogP contribution in [0.25, 0.3) is 0 Å². The van der Waals surface area contributed by atoms with E-state index in [1.165, 1.54) is 24.9 Å². The monoisotopic (exact) mass is 293 g/mol. The molecule has 0 fully saturated rings. The molecule has 8 heteroatoms. The molecule has 0 atom stereocenters. The van der Waals surface area contributed by atoms with Gasteiger partial charge in [0.15, 0.2) is 0 Å². The summed E-state index contributed by atoms with van der Waals surface area (Å²) in [5.74, 6) is 0.833. The van der Waals surface area contributed by atoms with E-state index in [0.717, 1.165) is 16.5 Å². The lowest BCUT2D eigenvalue weighted by molar-refractivity contribution is -0.173. The van der Waals surface area contributed by atoms with E-state index >= 15 is 0 Å². The number of hydrogen-bond acceptors (Lipinski definition) is 5. The third kappa shape index (κ3) is 5.46. The molecular weight excluding hydrogens is 279 g/mol. The highest BCUT2D eigenvalue weighted by atomic mass is 32.2. The van der Waals surface area contributed by atoms with Gasteiger partial charge in [0.25, 0.3) is 0 Å². The van der Waals surface area contributed by atoms with E-state index in [9.17, 15) is 13.2 Å². The molecule has 1 rings (SSSR count). The number of rotatable bonds is 5. The van der Waals surface area contributed by atoms with Gasteiger partial charge in [-0.1, -0.05) is 12.1 Å². The molecule has 0 amide bonds. The van der Waals surface area contributed by atoms with Gasteiger partial charge >= 0.3 is 6.18 Å². The van der Waals surface area contributed by atoms with Crippen LogP contribution in [0.2, 0.25) is 0 Å². The molecule has 0 bridgehead atoms. The average Bonchev–Trinajstić information content (AvgIpc) is 2.30. The minimum atomic E-state index is -4.40. The molecule has 0 saturated carbocycles. The third-order valence-corrected chi connectivity index (χ3v) is 2.94. The number of aryl methyl sites for hydroxylation is 1. The van der Waals surface area contributed by atoms with Crippen LogP contribution in [0, 0.1) is 6.92 Å². The van der Waals surface area contributed by atoms with Crippen LogP contribution in [0.1, 0.15) is 25.2 Å². The Labute approximate surface area is 113 Å². The van der Waals surface area contributed by atoms with Crippen molar-refractivity contribution in [1.82, 2.24) is 9.97 Å². The Hall–Kier alpha value is -1.31. The Balaban J connectivity index is 2.79. The molecule has 1 aromatic heterocycles. The lowest BCUT2D eigenvalue weighted by Crippen LogP contribution is -2.15. The summed E-state index contributed by atoms with van der Waals surface area (Å²) < 4.78 is 35.7. The maximum Gasteiger partial charge on any atom is 0.425 e. The molecule has 0 aliphatic carbocycles. The standard InChI is InChI=1S/C11H14F3N3OS/c1-4-19-10-8(3)15-5-9(16-10)7(2)17-18-6-11(12,13)14/h5H,4,6H2,1-3H3/b17-7+. The summed E-state index contributed by atoms with van der Waals surface area (Å²) in [6.07, 6.45) is -2.93. The molecule has 0 aliphatic rings. The van der Waals surface area contributed by atoms with Gasteiger partial charge in [0.2, 0.25) is 6.61 Å². The second kappa shape index (κ2) is 6.74. The Morgan fingerprint density at radius 1 is 1.47 bits per heavy atom. The van der Waals surface area contributed by atoms with Crippen LogP contribution in [-0.2, 0) is 4.84 Å². The quantitative estimate of drug-likeness (QED) is 0.475. The molecule has 0 unspecified atom stereocenters. The van der Waals surface area contributed by atoms with Crippen molar-refractivity contribution < 1.29 is 18.0 Å². The van der Waals surface area contributed by atoms with Gasteiger partial charge < -0.3 is 4.84 Å². The average molecular weight is 293 g/mol. The Morgan fingerprint density at radius 3 is 2.74 bits per heavy atom. The Bertz CT molecular complexity index is 463. The Kier molecular flexibility index (Phi) is 5.59. The number of nitrogens with zero attached hydrogens (tertiary/aromatic N) is 3. The highest BCUT2D eigenvalue weighted by Gasteiger charge is 2.28. The fraction of sp³-hybridized carbons (Fsp3) is 0.545. The molecular formula is C11H14F3N3OS. The summed E-state index contributed by atoms with van der Waals surface area (Å²) in [5.41, 5.74) is 1.44. The summed E-state index contributed by atoms with van der Waals surface area (Å²) in [6, 6.07) is 0. The number of aromatic nitrogens is 2. The van der Waals surface area contributed by atoms with Gasteiger partial charge in [-0.2, -0.15) is 13.2 Å². The molecule has 0 saturated heterocycles. The maximum absolute atomic E-state index is 11.9. The van der Waals surface area contributed by atoms with Crippen LogP contribution in [-0.4, -0.2) is 34.2 Å². The van der Waals surface area contributed by atoms with Crippen molar-refractivity contribution in [3.63, 3.8) is 0 Å². The molecule has 0 spiro atoms.